The molecule has 4 heteroatoms. The first kappa shape index (κ1) is 15.2. The van der Waals surface area contributed by atoms with Gasteiger partial charge in [0.2, 0.25) is 0 Å². The Kier molecular flexibility index (Phi) is 6.07. The average Bonchev–Trinajstić information content (AvgIpc) is 3.01. The Bertz CT molecular complexity index is 255. The molecule has 0 radical (unpaired) electrons. The summed E-state index contributed by atoms with van der Waals surface area (Å²) in [5, 5.41) is 3.60. The Balaban J connectivity index is 1.80. The molecule has 1 N–H and O–H groups in total. The van der Waals surface area contributed by atoms with E-state index in [9.17, 15) is 0 Å². The smallest absolute Gasteiger partial charge is 0.0547 e. The molecule has 2 aliphatic rings. The fourth-order valence-electron chi connectivity index (χ4n) is 3.40. The Morgan fingerprint density at radius 3 is 3.05 bits per heavy atom. The van der Waals surface area contributed by atoms with Crippen LogP contribution >= 0.6 is 0 Å². The third-order valence-corrected chi connectivity index (χ3v) is 4.44. The van der Waals surface area contributed by atoms with E-state index in [1.165, 1.54) is 38.9 Å². The fourth-order valence-corrected chi connectivity index (χ4v) is 3.40. The van der Waals surface area contributed by atoms with Crippen LogP contribution in [0.5, 0.6) is 0 Å². The van der Waals surface area contributed by atoms with E-state index in [0.717, 1.165) is 38.8 Å². The lowest BCUT2D eigenvalue weighted by molar-refractivity contribution is 0.111. The molecular weight excluding hydrogens is 240 g/mol. The van der Waals surface area contributed by atoms with Gasteiger partial charge < -0.3 is 19.7 Å². The van der Waals surface area contributed by atoms with Gasteiger partial charge in [0.05, 0.1) is 13.2 Å². The first-order chi connectivity index (χ1) is 9.28. The lowest BCUT2D eigenvalue weighted by Crippen LogP contribution is -2.44. The minimum absolute atomic E-state index is 0.344. The second-order valence-corrected chi connectivity index (χ2v) is 6.32. The first-order valence-corrected chi connectivity index (χ1v) is 7.78. The summed E-state index contributed by atoms with van der Waals surface area (Å²) in [7, 11) is 1.81. The van der Waals surface area contributed by atoms with Gasteiger partial charge in [0, 0.05) is 38.8 Å². The number of nitrogens with zero attached hydrogens (tertiary/aromatic N) is 1. The summed E-state index contributed by atoms with van der Waals surface area (Å²) in [6.07, 6.45) is 3.69. The molecule has 2 saturated heterocycles. The topological polar surface area (TPSA) is 33.7 Å². The van der Waals surface area contributed by atoms with Gasteiger partial charge in [0.1, 0.15) is 0 Å². The minimum atomic E-state index is 0.344. The van der Waals surface area contributed by atoms with E-state index in [1.807, 2.05) is 7.11 Å². The molecule has 2 atom stereocenters. The van der Waals surface area contributed by atoms with Gasteiger partial charge in [0.15, 0.2) is 0 Å². The van der Waals surface area contributed by atoms with Gasteiger partial charge in [-0.05, 0) is 38.3 Å². The van der Waals surface area contributed by atoms with Crippen molar-refractivity contribution in [3.63, 3.8) is 0 Å². The van der Waals surface area contributed by atoms with Crippen molar-refractivity contribution in [3.8, 4) is 0 Å². The van der Waals surface area contributed by atoms with E-state index < -0.39 is 0 Å². The largest absolute Gasteiger partial charge is 0.384 e. The monoisotopic (exact) mass is 270 g/mol. The highest BCUT2D eigenvalue weighted by Gasteiger charge is 2.38. The molecule has 2 rings (SSSR count). The highest BCUT2D eigenvalue weighted by Crippen LogP contribution is 2.31. The number of hydrogen-bond donors (Lipinski definition) is 1. The zero-order chi connectivity index (χ0) is 13.6. The highest BCUT2D eigenvalue weighted by molar-refractivity contribution is 4.90. The molecule has 2 aliphatic heterocycles. The molecule has 0 aliphatic carbocycles. The van der Waals surface area contributed by atoms with Crippen LogP contribution in [-0.4, -0.2) is 64.6 Å². The number of nitrogens with one attached hydrogen (secondary N) is 1. The zero-order valence-electron chi connectivity index (χ0n) is 12.6. The number of rotatable bonds is 8. The van der Waals surface area contributed by atoms with Crippen LogP contribution in [0.15, 0.2) is 0 Å². The molecule has 2 heterocycles. The quantitative estimate of drug-likeness (QED) is 0.675. The molecule has 2 unspecified atom stereocenters. The maximum atomic E-state index is 5.68. The maximum absolute atomic E-state index is 5.68. The summed E-state index contributed by atoms with van der Waals surface area (Å²) < 4.78 is 11.0. The molecule has 0 aromatic carbocycles. The van der Waals surface area contributed by atoms with Crippen LogP contribution in [0.25, 0.3) is 0 Å². The molecule has 112 valence electrons. The van der Waals surface area contributed by atoms with Gasteiger partial charge in [0.25, 0.3) is 0 Å². The maximum Gasteiger partial charge on any atom is 0.0547 e. The van der Waals surface area contributed by atoms with Crippen LogP contribution < -0.4 is 5.32 Å². The molecule has 0 amide bonds. The molecule has 0 bridgehead atoms. The minimum Gasteiger partial charge on any atom is -0.384 e. The summed E-state index contributed by atoms with van der Waals surface area (Å²) >= 11 is 0. The molecular formula is C15H30N2O2. The van der Waals surface area contributed by atoms with E-state index >= 15 is 0 Å². The van der Waals surface area contributed by atoms with Crippen molar-refractivity contribution in [2.45, 2.75) is 26.2 Å². The molecule has 0 saturated carbocycles. The summed E-state index contributed by atoms with van der Waals surface area (Å²) in [4.78, 5) is 2.62. The lowest BCUT2D eigenvalue weighted by atomic mass is 9.86. The van der Waals surface area contributed by atoms with Gasteiger partial charge in [-0.25, -0.2) is 0 Å². The molecule has 0 spiro atoms. The van der Waals surface area contributed by atoms with E-state index in [2.05, 4.69) is 17.1 Å². The standard InChI is InChI=1S/C15H30N2O2/c1-3-6-16-11-15(5-8-19-13-15)12-17-7-4-14(9-17)10-18-2/h14,16H,3-13H2,1-2H3. The predicted molar refractivity (Wildman–Crippen MR) is 77.5 cm³/mol. The third kappa shape index (κ3) is 4.42. The van der Waals surface area contributed by atoms with Crippen molar-refractivity contribution < 1.29 is 9.47 Å². The lowest BCUT2D eigenvalue weighted by Gasteiger charge is -2.32. The normalized spacial score (nSPS) is 32.2. The van der Waals surface area contributed by atoms with Gasteiger partial charge in [-0.1, -0.05) is 6.92 Å². The number of methoxy groups -OCH3 is 1. The van der Waals surface area contributed by atoms with Crippen molar-refractivity contribution >= 4 is 0 Å². The van der Waals surface area contributed by atoms with Crippen molar-refractivity contribution in [1.29, 1.82) is 0 Å². The SMILES string of the molecule is CCCNCC1(CN2CCC(COC)C2)CCOC1. The molecule has 0 aromatic rings. The summed E-state index contributed by atoms with van der Waals surface area (Å²) in [5.74, 6) is 0.730. The van der Waals surface area contributed by atoms with Crippen LogP contribution in [0.1, 0.15) is 26.2 Å². The highest BCUT2D eigenvalue weighted by atomic mass is 16.5. The van der Waals surface area contributed by atoms with E-state index in [0.29, 0.717) is 5.41 Å². The summed E-state index contributed by atoms with van der Waals surface area (Å²) in [6.45, 7) is 10.8. The van der Waals surface area contributed by atoms with Crippen LogP contribution in [-0.2, 0) is 9.47 Å². The summed E-state index contributed by atoms with van der Waals surface area (Å²) in [6, 6.07) is 0. The van der Waals surface area contributed by atoms with Crippen molar-refractivity contribution in [1.82, 2.24) is 10.2 Å². The Labute approximate surface area is 117 Å². The third-order valence-electron chi connectivity index (χ3n) is 4.44. The van der Waals surface area contributed by atoms with Crippen LogP contribution in [0, 0.1) is 11.3 Å². The van der Waals surface area contributed by atoms with Crippen LogP contribution in [0.2, 0.25) is 0 Å². The van der Waals surface area contributed by atoms with E-state index in [1.54, 1.807) is 0 Å². The Hall–Kier alpha value is -0.160. The number of likely N-dealkylation sites (tertiary alicyclic amines) is 1. The summed E-state index contributed by atoms with van der Waals surface area (Å²) in [5.41, 5.74) is 0.344. The van der Waals surface area contributed by atoms with Crippen LogP contribution in [0.3, 0.4) is 0 Å². The Morgan fingerprint density at radius 1 is 1.47 bits per heavy atom. The first-order valence-electron chi connectivity index (χ1n) is 7.78. The molecule has 2 fully saturated rings. The molecule has 19 heavy (non-hydrogen) atoms. The number of hydrogen-bond acceptors (Lipinski definition) is 4. The fraction of sp³-hybridized carbons (Fsp3) is 1.00. The van der Waals surface area contributed by atoms with Crippen LogP contribution in [0.4, 0.5) is 0 Å². The van der Waals surface area contributed by atoms with Gasteiger partial charge in [-0.2, -0.15) is 0 Å². The molecule has 0 aromatic heterocycles. The average molecular weight is 270 g/mol. The molecule has 4 nitrogen and oxygen atoms in total. The second-order valence-electron chi connectivity index (χ2n) is 6.32. The van der Waals surface area contributed by atoms with Gasteiger partial charge in [-0.3, -0.25) is 0 Å². The van der Waals surface area contributed by atoms with Gasteiger partial charge >= 0.3 is 0 Å². The predicted octanol–water partition coefficient (Wildman–Crippen LogP) is 1.36. The Morgan fingerprint density at radius 2 is 2.37 bits per heavy atom. The second kappa shape index (κ2) is 7.58. The number of ether oxygens (including phenoxy) is 2. The van der Waals surface area contributed by atoms with E-state index in [4.69, 9.17) is 9.47 Å². The zero-order valence-corrected chi connectivity index (χ0v) is 12.6. The van der Waals surface area contributed by atoms with E-state index in [-0.39, 0.29) is 0 Å². The van der Waals surface area contributed by atoms with Crippen molar-refractivity contribution in [2.24, 2.45) is 11.3 Å². The van der Waals surface area contributed by atoms with Crippen molar-refractivity contribution in [2.75, 3.05) is 59.7 Å². The van der Waals surface area contributed by atoms with Gasteiger partial charge in [-0.15, -0.1) is 0 Å². The van der Waals surface area contributed by atoms with Crippen molar-refractivity contribution in [3.05, 3.63) is 0 Å².